The topological polar surface area (TPSA) is 140 Å². The highest BCUT2D eigenvalue weighted by Gasteiger charge is 2.23. The number of aromatic carboxylic acids is 2. The third-order valence-electron chi connectivity index (χ3n) is 4.18. The molecule has 0 bridgehead atoms. The van der Waals surface area contributed by atoms with Crippen molar-refractivity contribution in [3.63, 3.8) is 0 Å². The monoisotopic (exact) mass is 356 g/mol. The molecule has 0 atom stereocenters. The summed E-state index contributed by atoms with van der Waals surface area (Å²) in [5.41, 5.74) is -1.41. The van der Waals surface area contributed by atoms with Gasteiger partial charge >= 0.3 is 11.9 Å². The molecule has 0 aliphatic carbocycles. The Morgan fingerprint density at radius 3 is 1.85 bits per heavy atom. The summed E-state index contributed by atoms with van der Waals surface area (Å²) in [5, 5.41) is 18.6. The molecule has 1 aromatic carbocycles. The van der Waals surface area contributed by atoms with Crippen molar-refractivity contribution < 1.29 is 19.8 Å². The fraction of sp³-hybridized carbons (Fsp3) is 0.222. The Balaban J connectivity index is 2.67. The predicted octanol–water partition coefficient (Wildman–Crippen LogP) is 2.06. The third-order valence-corrected chi connectivity index (χ3v) is 4.18. The van der Waals surface area contributed by atoms with E-state index in [-0.39, 0.29) is 33.2 Å². The molecule has 0 unspecified atom stereocenters. The number of benzene rings is 1. The fourth-order valence-electron chi connectivity index (χ4n) is 2.96. The second-order valence-corrected chi connectivity index (χ2v) is 7.05. The van der Waals surface area contributed by atoms with E-state index in [1.165, 1.54) is 0 Å². The number of pyridine rings is 2. The second-order valence-electron chi connectivity index (χ2n) is 7.05. The van der Waals surface area contributed by atoms with E-state index >= 15 is 0 Å². The number of carboxylic acids is 2. The van der Waals surface area contributed by atoms with Crippen molar-refractivity contribution in [1.29, 1.82) is 0 Å². The molecule has 0 saturated carbocycles. The lowest BCUT2D eigenvalue weighted by Crippen LogP contribution is -2.19. The molecule has 0 radical (unpaired) electrons. The molecule has 0 saturated heterocycles. The van der Waals surface area contributed by atoms with Gasteiger partial charge in [-0.3, -0.25) is 9.59 Å². The lowest BCUT2D eigenvalue weighted by Gasteiger charge is -2.22. The SMILES string of the molecule is CC(C)(C)c1cc2c(=O)cc(C(=O)O)[nH]c2c2c(=O)cc(C(=O)O)[nH]c12. The highest BCUT2D eigenvalue weighted by atomic mass is 16.4. The summed E-state index contributed by atoms with van der Waals surface area (Å²) in [5.74, 6) is -2.63. The largest absolute Gasteiger partial charge is 0.477 e. The zero-order valence-corrected chi connectivity index (χ0v) is 14.3. The zero-order chi connectivity index (χ0) is 19.4. The maximum atomic E-state index is 12.6. The van der Waals surface area contributed by atoms with Crippen LogP contribution >= 0.6 is 0 Å². The Morgan fingerprint density at radius 2 is 1.35 bits per heavy atom. The van der Waals surface area contributed by atoms with Crippen molar-refractivity contribution in [2.75, 3.05) is 0 Å². The van der Waals surface area contributed by atoms with Crippen molar-refractivity contribution in [3.05, 3.63) is 55.6 Å². The van der Waals surface area contributed by atoms with Crippen LogP contribution in [-0.4, -0.2) is 32.1 Å². The lowest BCUT2D eigenvalue weighted by molar-refractivity contribution is 0.0680. The Hall–Kier alpha value is -3.42. The van der Waals surface area contributed by atoms with E-state index < -0.39 is 28.2 Å². The average molecular weight is 356 g/mol. The summed E-state index contributed by atoms with van der Waals surface area (Å²) >= 11 is 0. The number of aromatic nitrogens is 2. The van der Waals surface area contributed by atoms with Crippen LogP contribution in [0.4, 0.5) is 0 Å². The van der Waals surface area contributed by atoms with E-state index in [4.69, 9.17) is 0 Å². The smallest absolute Gasteiger partial charge is 0.352 e. The van der Waals surface area contributed by atoms with Gasteiger partial charge in [0.25, 0.3) is 0 Å². The van der Waals surface area contributed by atoms with E-state index in [1.54, 1.807) is 6.07 Å². The Kier molecular flexibility index (Phi) is 3.72. The van der Waals surface area contributed by atoms with Gasteiger partial charge in [-0.15, -0.1) is 0 Å². The molecule has 0 fully saturated rings. The van der Waals surface area contributed by atoms with Gasteiger partial charge in [0.15, 0.2) is 10.9 Å². The molecule has 0 aliphatic heterocycles. The van der Waals surface area contributed by atoms with Crippen LogP contribution in [0.25, 0.3) is 21.8 Å². The molecular formula is C18H16N2O6. The van der Waals surface area contributed by atoms with E-state index in [9.17, 15) is 29.4 Å². The van der Waals surface area contributed by atoms with Crippen LogP contribution in [0.2, 0.25) is 0 Å². The normalized spacial score (nSPS) is 11.8. The Bertz CT molecular complexity index is 1210. The van der Waals surface area contributed by atoms with Gasteiger partial charge in [0.05, 0.1) is 16.4 Å². The maximum absolute atomic E-state index is 12.6. The molecule has 8 heteroatoms. The summed E-state index contributed by atoms with van der Waals surface area (Å²) in [4.78, 5) is 53.0. The van der Waals surface area contributed by atoms with E-state index in [0.717, 1.165) is 12.1 Å². The fourth-order valence-corrected chi connectivity index (χ4v) is 2.96. The summed E-state index contributed by atoms with van der Waals surface area (Å²) < 4.78 is 0. The van der Waals surface area contributed by atoms with Crippen molar-refractivity contribution in [3.8, 4) is 0 Å². The Labute approximate surface area is 146 Å². The molecule has 8 nitrogen and oxygen atoms in total. The van der Waals surface area contributed by atoms with Crippen LogP contribution in [0.1, 0.15) is 47.3 Å². The summed E-state index contributed by atoms with van der Waals surface area (Å²) in [7, 11) is 0. The molecule has 3 aromatic rings. The predicted molar refractivity (Wildman–Crippen MR) is 95.3 cm³/mol. The highest BCUT2D eigenvalue weighted by molar-refractivity contribution is 6.07. The maximum Gasteiger partial charge on any atom is 0.352 e. The first-order chi connectivity index (χ1) is 12.0. The first-order valence-electron chi connectivity index (χ1n) is 7.75. The van der Waals surface area contributed by atoms with Crippen LogP contribution in [0.15, 0.2) is 27.8 Å². The van der Waals surface area contributed by atoms with Crippen LogP contribution < -0.4 is 10.9 Å². The van der Waals surface area contributed by atoms with E-state index in [2.05, 4.69) is 9.97 Å². The van der Waals surface area contributed by atoms with Gasteiger partial charge in [0.1, 0.15) is 11.4 Å². The molecule has 0 spiro atoms. The van der Waals surface area contributed by atoms with Crippen molar-refractivity contribution in [1.82, 2.24) is 9.97 Å². The number of hydrogen-bond donors (Lipinski definition) is 4. The van der Waals surface area contributed by atoms with Gasteiger partial charge in [-0.05, 0) is 17.0 Å². The Morgan fingerprint density at radius 1 is 0.846 bits per heavy atom. The molecule has 134 valence electrons. The van der Waals surface area contributed by atoms with Crippen LogP contribution in [0, 0.1) is 0 Å². The van der Waals surface area contributed by atoms with Gasteiger partial charge in [-0.25, -0.2) is 9.59 Å². The standard InChI is InChI=1S/C18H16N2O6/c1-18(2,3)8-4-7-11(21)5-9(16(23)24)19-14(7)13-12(22)6-10(17(25)26)20-15(8)13/h4-6H,1-3H3,(H,19,21)(H,20,22)(H,23,24)(H,25,26). The van der Waals surface area contributed by atoms with Gasteiger partial charge in [-0.2, -0.15) is 0 Å². The van der Waals surface area contributed by atoms with Crippen LogP contribution in [-0.2, 0) is 5.41 Å². The van der Waals surface area contributed by atoms with Gasteiger partial charge < -0.3 is 20.2 Å². The van der Waals surface area contributed by atoms with Crippen molar-refractivity contribution in [2.45, 2.75) is 26.2 Å². The first kappa shape index (κ1) is 17.4. The highest BCUT2D eigenvalue weighted by Crippen LogP contribution is 2.31. The van der Waals surface area contributed by atoms with Crippen LogP contribution in [0.3, 0.4) is 0 Å². The summed E-state index contributed by atoms with van der Waals surface area (Å²) in [6.45, 7) is 5.58. The first-order valence-corrected chi connectivity index (χ1v) is 7.75. The van der Waals surface area contributed by atoms with Crippen LogP contribution in [0.5, 0.6) is 0 Å². The lowest BCUT2D eigenvalue weighted by atomic mass is 9.84. The van der Waals surface area contributed by atoms with Crippen molar-refractivity contribution >= 4 is 33.7 Å². The number of aromatic amines is 2. The number of carbonyl (C=O) groups is 2. The van der Waals surface area contributed by atoms with Gasteiger partial charge in [0, 0.05) is 17.5 Å². The minimum absolute atomic E-state index is 0.0534. The number of carboxylic acid groups (broad SMARTS) is 2. The van der Waals surface area contributed by atoms with Gasteiger partial charge in [-0.1, -0.05) is 20.8 Å². The molecule has 3 rings (SSSR count). The van der Waals surface area contributed by atoms with E-state index in [1.807, 2.05) is 20.8 Å². The zero-order valence-electron chi connectivity index (χ0n) is 14.3. The molecule has 4 N–H and O–H groups in total. The molecule has 26 heavy (non-hydrogen) atoms. The number of H-pyrrole nitrogens is 2. The second kappa shape index (κ2) is 5.55. The third kappa shape index (κ3) is 2.65. The number of rotatable bonds is 2. The van der Waals surface area contributed by atoms with Crippen molar-refractivity contribution in [2.24, 2.45) is 0 Å². The minimum Gasteiger partial charge on any atom is -0.477 e. The molecular weight excluding hydrogens is 340 g/mol. The molecule has 0 aliphatic rings. The number of hydrogen-bond acceptors (Lipinski definition) is 4. The van der Waals surface area contributed by atoms with Gasteiger partial charge in [0.2, 0.25) is 0 Å². The average Bonchev–Trinajstić information content (AvgIpc) is 2.52. The number of nitrogens with one attached hydrogen (secondary N) is 2. The molecule has 2 aromatic heterocycles. The quantitative estimate of drug-likeness (QED) is 0.518. The summed E-state index contributed by atoms with van der Waals surface area (Å²) in [6, 6.07) is 3.44. The molecule has 0 amide bonds. The van der Waals surface area contributed by atoms with E-state index in [0.29, 0.717) is 5.56 Å². The summed E-state index contributed by atoms with van der Waals surface area (Å²) in [6.07, 6.45) is 0. The minimum atomic E-state index is -1.34. The molecule has 2 heterocycles. The number of fused-ring (bicyclic) bond motifs is 3.